The van der Waals surface area contributed by atoms with Crippen LogP contribution in [0.2, 0.25) is 0 Å². The Labute approximate surface area is 139 Å². The monoisotopic (exact) mass is 321 g/mol. The van der Waals surface area contributed by atoms with Crippen molar-refractivity contribution < 1.29 is 4.79 Å². The Kier molecular flexibility index (Phi) is 5.68. The molecule has 1 aliphatic heterocycles. The second kappa shape index (κ2) is 7.34. The molecule has 1 saturated heterocycles. The molecule has 0 aliphatic carbocycles. The highest BCUT2D eigenvalue weighted by atomic mass is 16.2. The summed E-state index contributed by atoms with van der Waals surface area (Å²) in [5.41, 5.74) is 1.99. The topological polar surface area (TPSA) is 64.3 Å². The van der Waals surface area contributed by atoms with E-state index in [1.165, 1.54) is 0 Å². The van der Waals surface area contributed by atoms with Crippen molar-refractivity contribution in [2.45, 2.75) is 58.0 Å². The Hall–Kier alpha value is -1.56. The third-order valence-electron chi connectivity index (χ3n) is 4.54. The van der Waals surface area contributed by atoms with Gasteiger partial charge in [0.05, 0.1) is 17.9 Å². The highest BCUT2D eigenvalue weighted by molar-refractivity contribution is 5.74. The van der Waals surface area contributed by atoms with E-state index >= 15 is 0 Å². The third-order valence-corrected chi connectivity index (χ3v) is 4.54. The molecule has 0 bridgehead atoms. The maximum Gasteiger partial charge on any atom is 0.317 e. The van der Waals surface area contributed by atoms with Crippen molar-refractivity contribution in [2.75, 3.05) is 27.2 Å². The van der Waals surface area contributed by atoms with Crippen molar-refractivity contribution in [1.82, 2.24) is 25.3 Å². The predicted molar refractivity (Wildman–Crippen MR) is 92.4 cm³/mol. The van der Waals surface area contributed by atoms with Crippen LogP contribution in [0.3, 0.4) is 0 Å². The minimum atomic E-state index is 0.0186. The Morgan fingerprint density at radius 2 is 2.13 bits per heavy atom. The minimum Gasteiger partial charge on any atom is -0.332 e. The summed E-state index contributed by atoms with van der Waals surface area (Å²) in [5.74, 6) is 0. The summed E-state index contributed by atoms with van der Waals surface area (Å²) >= 11 is 0. The van der Waals surface area contributed by atoms with Gasteiger partial charge in [-0.05, 0) is 39.4 Å². The first-order valence-electron chi connectivity index (χ1n) is 8.51. The molecule has 2 heterocycles. The van der Waals surface area contributed by atoms with E-state index in [-0.39, 0.29) is 11.4 Å². The van der Waals surface area contributed by atoms with Crippen molar-refractivity contribution in [3.05, 3.63) is 17.5 Å². The third kappa shape index (κ3) is 4.96. The van der Waals surface area contributed by atoms with Crippen molar-refractivity contribution in [3.8, 4) is 0 Å². The number of carbonyl (C=O) groups excluding carboxylic acids is 1. The smallest absolute Gasteiger partial charge is 0.317 e. The van der Waals surface area contributed by atoms with Gasteiger partial charge in [-0.3, -0.25) is 5.10 Å². The van der Waals surface area contributed by atoms with E-state index in [9.17, 15) is 4.79 Å². The standard InChI is InChI=1S/C17H31N5O/c1-17(2,3)15-11-13(19-20-15)12-18-16(23)22-9-6-7-14(8-10-22)21(4)5/h11,14H,6-10,12H2,1-5H3,(H,18,23)(H,19,20)/t14-/m1/s1. The molecular weight excluding hydrogens is 290 g/mol. The molecule has 6 nitrogen and oxygen atoms in total. The first kappa shape index (κ1) is 17.8. The quantitative estimate of drug-likeness (QED) is 0.898. The molecule has 1 aromatic heterocycles. The van der Waals surface area contributed by atoms with Crippen LogP contribution in [0, 0.1) is 0 Å². The normalized spacial score (nSPS) is 19.7. The molecule has 6 heteroatoms. The number of hydrogen-bond donors (Lipinski definition) is 2. The van der Waals surface area contributed by atoms with Crippen molar-refractivity contribution >= 4 is 6.03 Å². The van der Waals surface area contributed by atoms with Gasteiger partial charge in [-0.25, -0.2) is 4.79 Å². The van der Waals surface area contributed by atoms with E-state index in [0.717, 1.165) is 43.7 Å². The SMILES string of the molecule is CN(C)[C@@H]1CCCN(C(=O)NCc2cc(C(C)(C)C)n[nH]2)CC1. The van der Waals surface area contributed by atoms with Crippen molar-refractivity contribution in [2.24, 2.45) is 0 Å². The number of likely N-dealkylation sites (tertiary alicyclic amines) is 1. The van der Waals surface area contributed by atoms with Crippen LogP contribution in [-0.4, -0.2) is 59.3 Å². The first-order valence-corrected chi connectivity index (χ1v) is 8.51. The summed E-state index contributed by atoms with van der Waals surface area (Å²) in [7, 11) is 4.23. The molecule has 1 atom stereocenters. The molecule has 0 radical (unpaired) electrons. The van der Waals surface area contributed by atoms with Crippen LogP contribution in [0.15, 0.2) is 6.07 Å². The van der Waals surface area contributed by atoms with E-state index in [0.29, 0.717) is 12.6 Å². The molecule has 2 N–H and O–H groups in total. The maximum atomic E-state index is 12.4. The van der Waals surface area contributed by atoms with Gasteiger partial charge in [0.2, 0.25) is 0 Å². The number of H-pyrrole nitrogens is 1. The van der Waals surface area contributed by atoms with Gasteiger partial charge in [0.15, 0.2) is 0 Å². The molecule has 2 rings (SSSR count). The molecule has 1 aromatic rings. The lowest BCUT2D eigenvalue weighted by atomic mass is 9.92. The average molecular weight is 321 g/mol. The Morgan fingerprint density at radius 3 is 2.74 bits per heavy atom. The zero-order valence-electron chi connectivity index (χ0n) is 15.1. The second-order valence-corrected chi connectivity index (χ2v) is 7.72. The van der Waals surface area contributed by atoms with E-state index in [1.54, 1.807) is 0 Å². The number of nitrogens with zero attached hydrogens (tertiary/aromatic N) is 3. The summed E-state index contributed by atoms with van der Waals surface area (Å²) < 4.78 is 0. The van der Waals surface area contributed by atoms with Crippen molar-refractivity contribution in [1.29, 1.82) is 0 Å². The van der Waals surface area contributed by atoms with E-state index in [4.69, 9.17) is 0 Å². The van der Waals surface area contributed by atoms with Crippen LogP contribution >= 0.6 is 0 Å². The number of nitrogens with one attached hydrogen (secondary N) is 2. The van der Waals surface area contributed by atoms with E-state index < -0.39 is 0 Å². The van der Waals surface area contributed by atoms with Gasteiger partial charge >= 0.3 is 6.03 Å². The van der Waals surface area contributed by atoms with Gasteiger partial charge < -0.3 is 15.1 Å². The van der Waals surface area contributed by atoms with Crippen LogP contribution in [0.1, 0.15) is 51.4 Å². The Bertz CT molecular complexity index is 517. The molecule has 0 aromatic carbocycles. The zero-order valence-corrected chi connectivity index (χ0v) is 15.1. The molecule has 1 aliphatic rings. The predicted octanol–water partition coefficient (Wildman–Crippen LogP) is 2.33. The summed E-state index contributed by atoms with van der Waals surface area (Å²) in [6.07, 6.45) is 3.26. The lowest BCUT2D eigenvalue weighted by Gasteiger charge is -2.23. The minimum absolute atomic E-state index is 0.0186. The molecule has 0 saturated carbocycles. The number of rotatable bonds is 3. The molecular formula is C17H31N5O. The van der Waals surface area contributed by atoms with E-state index in [1.807, 2.05) is 11.0 Å². The summed E-state index contributed by atoms with van der Waals surface area (Å²) in [6.45, 7) is 8.55. The number of amides is 2. The number of carbonyl (C=O) groups is 1. The molecule has 2 amide bonds. The van der Waals surface area contributed by atoms with Gasteiger partial charge in [0.1, 0.15) is 0 Å². The Balaban J connectivity index is 1.84. The molecule has 130 valence electrons. The van der Waals surface area contributed by atoms with Gasteiger partial charge in [-0.2, -0.15) is 5.10 Å². The fourth-order valence-corrected chi connectivity index (χ4v) is 2.92. The summed E-state index contributed by atoms with van der Waals surface area (Å²) in [5, 5.41) is 10.3. The van der Waals surface area contributed by atoms with Crippen LogP contribution in [0.5, 0.6) is 0 Å². The van der Waals surface area contributed by atoms with Gasteiger partial charge in [0.25, 0.3) is 0 Å². The summed E-state index contributed by atoms with van der Waals surface area (Å²) in [6, 6.07) is 2.64. The zero-order chi connectivity index (χ0) is 17.0. The molecule has 1 fully saturated rings. The van der Waals surface area contributed by atoms with Crippen LogP contribution in [-0.2, 0) is 12.0 Å². The Morgan fingerprint density at radius 1 is 1.39 bits per heavy atom. The fraction of sp³-hybridized carbons (Fsp3) is 0.765. The number of aromatic nitrogens is 2. The highest BCUT2D eigenvalue weighted by Crippen LogP contribution is 2.20. The lowest BCUT2D eigenvalue weighted by molar-refractivity contribution is 0.196. The van der Waals surface area contributed by atoms with Gasteiger partial charge in [0, 0.05) is 24.5 Å². The number of aromatic amines is 1. The van der Waals surface area contributed by atoms with E-state index in [2.05, 4.69) is 55.3 Å². The summed E-state index contributed by atoms with van der Waals surface area (Å²) in [4.78, 5) is 16.6. The van der Waals surface area contributed by atoms with Crippen LogP contribution in [0.4, 0.5) is 4.79 Å². The molecule has 0 spiro atoms. The number of urea groups is 1. The largest absolute Gasteiger partial charge is 0.332 e. The average Bonchev–Trinajstić information content (AvgIpc) is 2.81. The molecule has 0 unspecified atom stereocenters. The van der Waals surface area contributed by atoms with Gasteiger partial charge in [-0.1, -0.05) is 20.8 Å². The maximum absolute atomic E-state index is 12.4. The van der Waals surface area contributed by atoms with Crippen molar-refractivity contribution in [3.63, 3.8) is 0 Å². The van der Waals surface area contributed by atoms with Gasteiger partial charge in [-0.15, -0.1) is 0 Å². The lowest BCUT2D eigenvalue weighted by Crippen LogP contribution is -2.40. The fourth-order valence-electron chi connectivity index (χ4n) is 2.92. The molecule has 23 heavy (non-hydrogen) atoms. The second-order valence-electron chi connectivity index (χ2n) is 7.72. The van der Waals surface area contributed by atoms with Crippen LogP contribution < -0.4 is 5.32 Å². The number of hydrogen-bond acceptors (Lipinski definition) is 3. The highest BCUT2D eigenvalue weighted by Gasteiger charge is 2.22. The van der Waals surface area contributed by atoms with Crippen LogP contribution in [0.25, 0.3) is 0 Å². The first-order chi connectivity index (χ1) is 10.8.